The monoisotopic (exact) mass is 320 g/mol. The molecule has 5 heteroatoms. The van der Waals surface area contributed by atoms with Crippen LogP contribution in [-0.4, -0.2) is 11.5 Å². The van der Waals surface area contributed by atoms with E-state index in [2.05, 4.69) is 26.2 Å². The zero-order valence-electron chi connectivity index (χ0n) is 8.44. The van der Waals surface area contributed by atoms with E-state index in [9.17, 15) is 0 Å². The van der Waals surface area contributed by atoms with Crippen molar-refractivity contribution in [3.05, 3.63) is 32.9 Å². The van der Waals surface area contributed by atoms with Gasteiger partial charge in [-0.2, -0.15) is 0 Å². The fraction of sp³-hybridized carbons (Fsp3) is 0.273. The second-order valence-electron chi connectivity index (χ2n) is 3.79. The fourth-order valence-electron chi connectivity index (χ4n) is 2.18. The average molecular weight is 322 g/mol. The predicted octanol–water partition coefficient (Wildman–Crippen LogP) is 3.65. The van der Waals surface area contributed by atoms with Gasteiger partial charge >= 0.3 is 0 Å². The molecule has 0 saturated carbocycles. The lowest BCUT2D eigenvalue weighted by atomic mass is 10.1. The van der Waals surface area contributed by atoms with Crippen LogP contribution in [0.4, 0.5) is 0 Å². The van der Waals surface area contributed by atoms with Crippen LogP contribution in [-0.2, 0) is 13.0 Å². The van der Waals surface area contributed by atoms with Crippen molar-refractivity contribution in [1.29, 1.82) is 0 Å². The minimum Gasteiger partial charge on any atom is -0.357 e. The molecule has 2 aromatic rings. The number of nitrogens with one attached hydrogen (secondary N) is 2. The van der Waals surface area contributed by atoms with Crippen LogP contribution >= 0.6 is 39.9 Å². The number of benzene rings is 1. The molecule has 1 aromatic carbocycles. The summed E-state index contributed by atoms with van der Waals surface area (Å²) in [4.78, 5) is 3.45. The van der Waals surface area contributed by atoms with Crippen molar-refractivity contribution < 1.29 is 0 Å². The molecule has 86 valence electrons. The third kappa shape index (κ3) is 1.76. The van der Waals surface area contributed by atoms with Crippen molar-refractivity contribution in [3.63, 3.8) is 0 Å². The number of hydrogen-bond donors (Lipinski definition) is 2. The molecule has 2 N–H and O–H groups in total. The maximum atomic E-state index is 6.24. The Hall–Kier alpha value is -0.220. The molecule has 0 atom stereocenters. The quantitative estimate of drug-likeness (QED) is 0.761. The van der Waals surface area contributed by atoms with Gasteiger partial charge in [0.2, 0.25) is 0 Å². The summed E-state index contributed by atoms with van der Waals surface area (Å²) in [5.41, 5.74) is 3.76. The van der Waals surface area contributed by atoms with Crippen LogP contribution in [0.1, 0.15) is 11.3 Å². The largest absolute Gasteiger partial charge is 0.357 e. The van der Waals surface area contributed by atoms with Gasteiger partial charge in [-0.1, -0.05) is 11.6 Å². The van der Waals surface area contributed by atoms with E-state index >= 15 is 0 Å². The van der Waals surface area contributed by atoms with Gasteiger partial charge in [-0.15, -0.1) is 12.4 Å². The first-order chi connectivity index (χ1) is 7.27. The highest BCUT2D eigenvalue weighted by molar-refractivity contribution is 9.10. The van der Waals surface area contributed by atoms with E-state index in [0.717, 1.165) is 39.9 Å². The number of H-pyrrole nitrogens is 1. The Bertz CT molecular complexity index is 536. The lowest BCUT2D eigenvalue weighted by Gasteiger charge is -2.12. The summed E-state index contributed by atoms with van der Waals surface area (Å²) in [6.07, 6.45) is 1.05. The van der Waals surface area contributed by atoms with Crippen LogP contribution in [0.5, 0.6) is 0 Å². The molecule has 0 saturated heterocycles. The number of aromatic nitrogens is 1. The van der Waals surface area contributed by atoms with Gasteiger partial charge < -0.3 is 10.3 Å². The number of rotatable bonds is 0. The maximum Gasteiger partial charge on any atom is 0.0618 e. The fourth-order valence-corrected chi connectivity index (χ4v) is 2.88. The molecule has 0 bridgehead atoms. The first-order valence-electron chi connectivity index (χ1n) is 4.95. The Kier molecular flexibility index (Phi) is 3.50. The Morgan fingerprint density at radius 1 is 1.31 bits per heavy atom. The van der Waals surface area contributed by atoms with E-state index in [1.807, 2.05) is 12.1 Å². The second kappa shape index (κ2) is 4.57. The van der Waals surface area contributed by atoms with Crippen LogP contribution in [0.15, 0.2) is 16.6 Å². The molecule has 0 unspecified atom stereocenters. The van der Waals surface area contributed by atoms with Gasteiger partial charge in [-0.05, 0) is 33.6 Å². The van der Waals surface area contributed by atoms with Crippen LogP contribution in [0, 0.1) is 0 Å². The van der Waals surface area contributed by atoms with E-state index < -0.39 is 0 Å². The highest BCUT2D eigenvalue weighted by Crippen LogP contribution is 2.35. The van der Waals surface area contributed by atoms with Gasteiger partial charge in [0.15, 0.2) is 0 Å². The van der Waals surface area contributed by atoms with Crippen molar-refractivity contribution in [2.75, 3.05) is 6.54 Å². The minimum absolute atomic E-state index is 0. The van der Waals surface area contributed by atoms with Crippen molar-refractivity contribution in [1.82, 2.24) is 10.3 Å². The van der Waals surface area contributed by atoms with Gasteiger partial charge in [0.05, 0.1) is 10.5 Å². The normalized spacial score (nSPS) is 14.6. The number of hydrogen-bond acceptors (Lipinski definition) is 1. The van der Waals surface area contributed by atoms with Crippen molar-refractivity contribution in [3.8, 4) is 0 Å². The third-order valence-electron chi connectivity index (χ3n) is 2.90. The predicted molar refractivity (Wildman–Crippen MR) is 73.7 cm³/mol. The van der Waals surface area contributed by atoms with E-state index in [-0.39, 0.29) is 12.4 Å². The summed E-state index contributed by atoms with van der Waals surface area (Å²) >= 11 is 9.79. The lowest BCUT2D eigenvalue weighted by molar-refractivity contribution is 0.641. The summed E-state index contributed by atoms with van der Waals surface area (Å²) in [5, 5.41) is 5.36. The van der Waals surface area contributed by atoms with Gasteiger partial charge in [0.1, 0.15) is 0 Å². The number of halogens is 3. The molecule has 0 spiro atoms. The molecule has 3 rings (SSSR count). The molecule has 0 amide bonds. The molecular weight excluding hydrogens is 311 g/mol. The highest BCUT2D eigenvalue weighted by Gasteiger charge is 2.18. The SMILES string of the molecule is Cl.Clc1ccc(Br)c2[nH]c3c(c12)CNCC3. The van der Waals surface area contributed by atoms with Gasteiger partial charge in [-0.25, -0.2) is 0 Å². The van der Waals surface area contributed by atoms with Crippen molar-refractivity contribution in [2.45, 2.75) is 13.0 Å². The molecule has 2 heterocycles. The summed E-state index contributed by atoms with van der Waals surface area (Å²) in [6.45, 7) is 1.95. The van der Waals surface area contributed by atoms with Crippen LogP contribution < -0.4 is 5.32 Å². The Morgan fingerprint density at radius 3 is 2.94 bits per heavy atom. The van der Waals surface area contributed by atoms with Crippen LogP contribution in [0.3, 0.4) is 0 Å². The minimum atomic E-state index is 0. The Labute approximate surface area is 113 Å². The maximum absolute atomic E-state index is 6.24. The zero-order valence-corrected chi connectivity index (χ0v) is 11.6. The summed E-state index contributed by atoms with van der Waals surface area (Å²) in [7, 11) is 0. The summed E-state index contributed by atoms with van der Waals surface area (Å²) in [6, 6.07) is 3.93. The molecule has 0 fully saturated rings. The van der Waals surface area contributed by atoms with Gasteiger partial charge in [0, 0.05) is 35.1 Å². The highest BCUT2D eigenvalue weighted by atomic mass is 79.9. The molecule has 1 aliphatic rings. The standard InChI is InChI=1S/C11H10BrClN2.ClH/c12-7-1-2-8(13)10-6-5-14-4-3-9(6)15-11(7)10;/h1-2,14-15H,3-5H2;1H. The van der Waals surface area contributed by atoms with Crippen LogP contribution in [0.2, 0.25) is 5.02 Å². The summed E-state index contributed by atoms with van der Waals surface area (Å²) < 4.78 is 1.08. The van der Waals surface area contributed by atoms with Crippen molar-refractivity contribution in [2.24, 2.45) is 0 Å². The van der Waals surface area contributed by atoms with E-state index in [1.165, 1.54) is 11.3 Å². The number of fused-ring (bicyclic) bond motifs is 3. The van der Waals surface area contributed by atoms with Gasteiger partial charge in [0.25, 0.3) is 0 Å². The van der Waals surface area contributed by atoms with E-state index in [0.29, 0.717) is 0 Å². The summed E-state index contributed by atoms with van der Waals surface area (Å²) in [5.74, 6) is 0. The third-order valence-corrected chi connectivity index (χ3v) is 3.87. The Morgan fingerprint density at radius 2 is 2.12 bits per heavy atom. The van der Waals surface area contributed by atoms with Crippen molar-refractivity contribution >= 4 is 50.8 Å². The van der Waals surface area contributed by atoms with E-state index in [4.69, 9.17) is 11.6 Å². The molecule has 2 nitrogen and oxygen atoms in total. The molecule has 16 heavy (non-hydrogen) atoms. The van der Waals surface area contributed by atoms with E-state index in [1.54, 1.807) is 0 Å². The average Bonchev–Trinajstić information content (AvgIpc) is 2.64. The topological polar surface area (TPSA) is 27.8 Å². The van der Waals surface area contributed by atoms with Gasteiger partial charge in [-0.3, -0.25) is 0 Å². The first kappa shape index (κ1) is 12.2. The smallest absolute Gasteiger partial charge is 0.0618 e. The molecule has 1 aliphatic heterocycles. The molecule has 0 aliphatic carbocycles. The second-order valence-corrected chi connectivity index (χ2v) is 5.05. The zero-order chi connectivity index (χ0) is 10.4. The molecule has 1 aromatic heterocycles. The lowest BCUT2D eigenvalue weighted by Crippen LogP contribution is -2.22. The molecule has 0 radical (unpaired) electrons. The first-order valence-corrected chi connectivity index (χ1v) is 6.12. The number of aromatic amines is 1. The van der Waals surface area contributed by atoms with Crippen LogP contribution in [0.25, 0.3) is 10.9 Å². The Balaban J connectivity index is 0.000000963. The molecular formula is C11H11BrCl2N2.